The lowest BCUT2D eigenvalue weighted by Crippen LogP contribution is -2.50. The SMILES string of the molecule is COC(=O)[C@H]1[C@@H](CI)CCCN1Cc1ccccc1. The molecule has 0 amide bonds. The molecule has 2 atom stereocenters. The van der Waals surface area contributed by atoms with Gasteiger partial charge in [0, 0.05) is 11.0 Å². The number of nitrogens with zero attached hydrogens (tertiary/aromatic N) is 1. The van der Waals surface area contributed by atoms with Gasteiger partial charge >= 0.3 is 5.97 Å². The lowest BCUT2D eigenvalue weighted by Gasteiger charge is -2.38. The third-order valence-electron chi connectivity index (χ3n) is 3.73. The highest BCUT2D eigenvalue weighted by Gasteiger charge is 2.36. The monoisotopic (exact) mass is 373 g/mol. The summed E-state index contributed by atoms with van der Waals surface area (Å²) in [5.41, 5.74) is 1.26. The molecule has 0 spiro atoms. The summed E-state index contributed by atoms with van der Waals surface area (Å²) in [6, 6.07) is 10.2. The average molecular weight is 373 g/mol. The Hall–Kier alpha value is -0.620. The van der Waals surface area contributed by atoms with Crippen LogP contribution < -0.4 is 0 Å². The molecule has 1 aliphatic rings. The maximum atomic E-state index is 12.1. The Bertz CT molecular complexity index is 410. The number of hydrogen-bond donors (Lipinski definition) is 0. The minimum Gasteiger partial charge on any atom is -0.468 e. The van der Waals surface area contributed by atoms with E-state index < -0.39 is 0 Å². The molecule has 0 N–H and O–H groups in total. The maximum absolute atomic E-state index is 12.1. The lowest BCUT2D eigenvalue weighted by molar-refractivity contribution is -0.150. The molecule has 0 radical (unpaired) electrons. The van der Waals surface area contributed by atoms with Crippen molar-refractivity contribution in [1.29, 1.82) is 0 Å². The number of ether oxygens (including phenoxy) is 1. The van der Waals surface area contributed by atoms with E-state index in [-0.39, 0.29) is 12.0 Å². The number of alkyl halides is 1. The summed E-state index contributed by atoms with van der Waals surface area (Å²) in [6.07, 6.45) is 2.28. The van der Waals surface area contributed by atoms with Crippen LogP contribution in [0.5, 0.6) is 0 Å². The van der Waals surface area contributed by atoms with Crippen molar-refractivity contribution < 1.29 is 9.53 Å². The second-order valence-electron chi connectivity index (χ2n) is 4.98. The van der Waals surface area contributed by atoms with Crippen LogP contribution in [0.4, 0.5) is 0 Å². The van der Waals surface area contributed by atoms with Crippen molar-refractivity contribution in [2.75, 3.05) is 18.1 Å². The fourth-order valence-corrected chi connectivity index (χ4v) is 3.69. The molecule has 0 saturated carbocycles. The Morgan fingerprint density at radius 1 is 1.42 bits per heavy atom. The van der Waals surface area contributed by atoms with Crippen LogP contribution in [0.3, 0.4) is 0 Å². The molecule has 1 heterocycles. The van der Waals surface area contributed by atoms with Gasteiger partial charge in [0.15, 0.2) is 0 Å². The average Bonchev–Trinajstić information content (AvgIpc) is 2.47. The highest BCUT2D eigenvalue weighted by atomic mass is 127. The van der Waals surface area contributed by atoms with Crippen LogP contribution in [0.2, 0.25) is 0 Å². The van der Waals surface area contributed by atoms with E-state index in [1.54, 1.807) is 0 Å². The fraction of sp³-hybridized carbons (Fsp3) is 0.533. The first-order valence-electron chi connectivity index (χ1n) is 6.68. The molecule has 1 aliphatic heterocycles. The summed E-state index contributed by atoms with van der Waals surface area (Å²) < 4.78 is 6.01. The number of rotatable bonds is 4. The van der Waals surface area contributed by atoms with E-state index in [1.165, 1.54) is 12.7 Å². The molecule has 19 heavy (non-hydrogen) atoms. The number of piperidine rings is 1. The van der Waals surface area contributed by atoms with Crippen molar-refractivity contribution in [3.8, 4) is 0 Å². The molecule has 104 valence electrons. The predicted octanol–water partition coefficient (Wildman–Crippen LogP) is 2.88. The zero-order valence-electron chi connectivity index (χ0n) is 11.2. The minimum atomic E-state index is -0.0872. The number of halogens is 1. The maximum Gasteiger partial charge on any atom is 0.323 e. The van der Waals surface area contributed by atoms with Crippen LogP contribution in [0.25, 0.3) is 0 Å². The second-order valence-corrected chi connectivity index (χ2v) is 5.86. The lowest BCUT2D eigenvalue weighted by atomic mass is 9.90. The largest absolute Gasteiger partial charge is 0.468 e. The summed E-state index contributed by atoms with van der Waals surface area (Å²) >= 11 is 2.38. The number of esters is 1. The smallest absolute Gasteiger partial charge is 0.323 e. The van der Waals surface area contributed by atoms with Gasteiger partial charge in [0.25, 0.3) is 0 Å². The van der Waals surface area contributed by atoms with E-state index in [4.69, 9.17) is 4.74 Å². The zero-order valence-corrected chi connectivity index (χ0v) is 13.4. The molecule has 0 aromatic heterocycles. The molecule has 0 bridgehead atoms. The van der Waals surface area contributed by atoms with Crippen LogP contribution in [-0.2, 0) is 16.1 Å². The van der Waals surface area contributed by atoms with Gasteiger partial charge in [0.1, 0.15) is 6.04 Å². The van der Waals surface area contributed by atoms with Crippen molar-refractivity contribution in [2.45, 2.75) is 25.4 Å². The molecule has 0 aliphatic carbocycles. The number of hydrogen-bond acceptors (Lipinski definition) is 3. The molecule has 1 aromatic rings. The van der Waals surface area contributed by atoms with Gasteiger partial charge in [-0.05, 0) is 30.9 Å². The van der Waals surface area contributed by atoms with Gasteiger partial charge < -0.3 is 4.74 Å². The Labute approximate surface area is 128 Å². The van der Waals surface area contributed by atoms with E-state index in [1.807, 2.05) is 18.2 Å². The fourth-order valence-electron chi connectivity index (χ4n) is 2.77. The molecule has 2 rings (SSSR count). The summed E-state index contributed by atoms with van der Waals surface area (Å²) in [6.45, 7) is 1.80. The van der Waals surface area contributed by atoms with E-state index in [9.17, 15) is 4.79 Å². The van der Waals surface area contributed by atoms with E-state index in [0.717, 1.165) is 30.4 Å². The van der Waals surface area contributed by atoms with Gasteiger partial charge in [-0.1, -0.05) is 52.9 Å². The summed E-state index contributed by atoms with van der Waals surface area (Å²) in [7, 11) is 1.49. The van der Waals surface area contributed by atoms with E-state index in [2.05, 4.69) is 39.6 Å². The first-order valence-corrected chi connectivity index (χ1v) is 8.20. The molecule has 4 heteroatoms. The van der Waals surface area contributed by atoms with Gasteiger partial charge in [-0.2, -0.15) is 0 Å². The van der Waals surface area contributed by atoms with Crippen LogP contribution in [0.15, 0.2) is 30.3 Å². The topological polar surface area (TPSA) is 29.5 Å². The van der Waals surface area contributed by atoms with Crippen LogP contribution in [0, 0.1) is 5.92 Å². The number of carbonyl (C=O) groups is 1. The summed E-state index contributed by atoms with van der Waals surface area (Å²) in [5, 5.41) is 0. The standard InChI is InChI=1S/C15H20INO2/c1-19-15(18)14-13(10-16)8-5-9-17(14)11-12-6-3-2-4-7-12/h2-4,6-7,13-14H,5,8-11H2,1H3/t13-,14-/m1/s1. The Morgan fingerprint density at radius 2 is 2.16 bits per heavy atom. The van der Waals surface area contributed by atoms with Gasteiger partial charge in [0.2, 0.25) is 0 Å². The van der Waals surface area contributed by atoms with Gasteiger partial charge in [-0.15, -0.1) is 0 Å². The molecule has 1 fully saturated rings. The van der Waals surface area contributed by atoms with E-state index in [0.29, 0.717) is 5.92 Å². The molecule has 3 nitrogen and oxygen atoms in total. The zero-order chi connectivity index (χ0) is 13.7. The number of benzene rings is 1. The summed E-state index contributed by atoms with van der Waals surface area (Å²) in [5.74, 6) is 0.322. The number of likely N-dealkylation sites (tertiary alicyclic amines) is 1. The van der Waals surface area contributed by atoms with Gasteiger partial charge in [0.05, 0.1) is 7.11 Å². The van der Waals surface area contributed by atoms with Crippen molar-refractivity contribution in [1.82, 2.24) is 4.90 Å². The molecular weight excluding hydrogens is 353 g/mol. The molecule has 0 unspecified atom stereocenters. The number of methoxy groups -OCH3 is 1. The quantitative estimate of drug-likeness (QED) is 0.462. The minimum absolute atomic E-state index is 0.0858. The summed E-state index contributed by atoms with van der Waals surface area (Å²) in [4.78, 5) is 14.3. The van der Waals surface area contributed by atoms with Crippen LogP contribution in [0.1, 0.15) is 18.4 Å². The first-order chi connectivity index (χ1) is 9.26. The van der Waals surface area contributed by atoms with Gasteiger partial charge in [-0.3, -0.25) is 9.69 Å². The number of carbonyl (C=O) groups excluding carboxylic acids is 1. The second kappa shape index (κ2) is 7.24. The van der Waals surface area contributed by atoms with Crippen molar-refractivity contribution in [2.24, 2.45) is 5.92 Å². The third-order valence-corrected chi connectivity index (χ3v) is 4.86. The van der Waals surface area contributed by atoms with Crippen molar-refractivity contribution in [3.05, 3.63) is 35.9 Å². The first kappa shape index (κ1) is 14.8. The Kier molecular flexibility index (Phi) is 5.63. The molecule has 1 aromatic carbocycles. The predicted molar refractivity (Wildman–Crippen MR) is 84.3 cm³/mol. The highest BCUT2D eigenvalue weighted by molar-refractivity contribution is 14.1. The van der Waals surface area contributed by atoms with Gasteiger partial charge in [-0.25, -0.2) is 0 Å². The van der Waals surface area contributed by atoms with E-state index >= 15 is 0 Å². The van der Waals surface area contributed by atoms with Crippen LogP contribution in [-0.4, -0.2) is 35.0 Å². The third kappa shape index (κ3) is 3.69. The molecular formula is C15H20INO2. The Balaban J connectivity index is 2.13. The van der Waals surface area contributed by atoms with Crippen LogP contribution >= 0.6 is 22.6 Å². The Morgan fingerprint density at radius 3 is 2.79 bits per heavy atom. The van der Waals surface area contributed by atoms with Crippen molar-refractivity contribution >= 4 is 28.6 Å². The highest BCUT2D eigenvalue weighted by Crippen LogP contribution is 2.27. The normalized spacial score (nSPS) is 24.1. The molecule has 1 saturated heterocycles. The van der Waals surface area contributed by atoms with Crippen molar-refractivity contribution in [3.63, 3.8) is 0 Å².